The van der Waals surface area contributed by atoms with E-state index in [9.17, 15) is 4.79 Å². The van der Waals surface area contributed by atoms with Gasteiger partial charge in [-0.3, -0.25) is 4.79 Å². The number of hydrogen-bond acceptors (Lipinski definition) is 3. The zero-order valence-electron chi connectivity index (χ0n) is 13.6. The SMILES string of the molecule is CCOC(=O)CC(c1ccc(C(C)(C)C)cc1)N(C)C. The second kappa shape index (κ2) is 6.89. The summed E-state index contributed by atoms with van der Waals surface area (Å²) in [5.74, 6) is -0.147. The molecule has 0 heterocycles. The third-order valence-electron chi connectivity index (χ3n) is 3.45. The van der Waals surface area contributed by atoms with Gasteiger partial charge in [-0.05, 0) is 37.6 Å². The minimum Gasteiger partial charge on any atom is -0.466 e. The van der Waals surface area contributed by atoms with Crippen molar-refractivity contribution < 1.29 is 9.53 Å². The monoisotopic (exact) mass is 277 g/mol. The highest BCUT2D eigenvalue weighted by atomic mass is 16.5. The van der Waals surface area contributed by atoms with Crippen molar-refractivity contribution in [3.05, 3.63) is 35.4 Å². The molecule has 20 heavy (non-hydrogen) atoms. The highest BCUT2D eigenvalue weighted by molar-refractivity contribution is 5.70. The van der Waals surface area contributed by atoms with E-state index in [1.54, 1.807) is 0 Å². The molecule has 0 saturated heterocycles. The number of esters is 1. The van der Waals surface area contributed by atoms with Crippen molar-refractivity contribution in [1.29, 1.82) is 0 Å². The van der Waals surface area contributed by atoms with E-state index >= 15 is 0 Å². The third kappa shape index (κ3) is 4.64. The van der Waals surface area contributed by atoms with Crippen molar-refractivity contribution >= 4 is 5.97 Å². The van der Waals surface area contributed by atoms with Crippen LogP contribution in [0.5, 0.6) is 0 Å². The molecule has 0 spiro atoms. The molecule has 0 amide bonds. The lowest BCUT2D eigenvalue weighted by molar-refractivity contribution is -0.144. The molecule has 0 saturated carbocycles. The van der Waals surface area contributed by atoms with Crippen LogP contribution in [0.15, 0.2) is 24.3 Å². The maximum Gasteiger partial charge on any atom is 0.307 e. The van der Waals surface area contributed by atoms with Gasteiger partial charge in [0.1, 0.15) is 0 Å². The highest BCUT2D eigenvalue weighted by Crippen LogP contribution is 2.27. The van der Waals surface area contributed by atoms with Crippen molar-refractivity contribution in [2.45, 2.75) is 45.6 Å². The Labute approximate surface area is 122 Å². The Kier molecular flexibility index (Phi) is 5.75. The molecule has 112 valence electrons. The van der Waals surface area contributed by atoms with Gasteiger partial charge in [-0.1, -0.05) is 45.0 Å². The first-order valence-corrected chi connectivity index (χ1v) is 7.18. The molecule has 0 aromatic heterocycles. The summed E-state index contributed by atoms with van der Waals surface area (Å²) in [6.45, 7) is 8.86. The Morgan fingerprint density at radius 3 is 2.15 bits per heavy atom. The van der Waals surface area contributed by atoms with Crippen molar-refractivity contribution in [3.63, 3.8) is 0 Å². The second-order valence-electron chi connectivity index (χ2n) is 6.36. The van der Waals surface area contributed by atoms with E-state index in [0.717, 1.165) is 5.56 Å². The van der Waals surface area contributed by atoms with Crippen LogP contribution in [0.25, 0.3) is 0 Å². The number of nitrogens with zero attached hydrogens (tertiary/aromatic N) is 1. The lowest BCUT2D eigenvalue weighted by Crippen LogP contribution is -2.24. The van der Waals surface area contributed by atoms with Gasteiger partial charge in [0.05, 0.1) is 13.0 Å². The summed E-state index contributed by atoms with van der Waals surface area (Å²) in [6, 6.07) is 8.59. The molecular formula is C17H27NO2. The zero-order valence-corrected chi connectivity index (χ0v) is 13.6. The summed E-state index contributed by atoms with van der Waals surface area (Å²) < 4.78 is 5.06. The molecule has 3 nitrogen and oxygen atoms in total. The summed E-state index contributed by atoms with van der Waals surface area (Å²) in [5.41, 5.74) is 2.60. The van der Waals surface area contributed by atoms with Crippen LogP contribution in [-0.4, -0.2) is 31.6 Å². The molecule has 1 rings (SSSR count). The fraction of sp³-hybridized carbons (Fsp3) is 0.588. The number of ether oxygens (including phenoxy) is 1. The maximum atomic E-state index is 11.7. The Morgan fingerprint density at radius 2 is 1.75 bits per heavy atom. The lowest BCUT2D eigenvalue weighted by Gasteiger charge is -2.25. The molecule has 1 unspecified atom stereocenters. The van der Waals surface area contributed by atoms with Gasteiger partial charge >= 0.3 is 5.97 Å². The van der Waals surface area contributed by atoms with E-state index in [0.29, 0.717) is 13.0 Å². The average Bonchev–Trinajstić information content (AvgIpc) is 2.35. The summed E-state index contributed by atoms with van der Waals surface area (Å²) in [7, 11) is 3.98. The van der Waals surface area contributed by atoms with Gasteiger partial charge in [0, 0.05) is 6.04 Å². The highest BCUT2D eigenvalue weighted by Gasteiger charge is 2.20. The predicted molar refractivity (Wildman–Crippen MR) is 82.8 cm³/mol. The molecule has 1 aromatic rings. The largest absolute Gasteiger partial charge is 0.466 e. The molecule has 0 radical (unpaired) electrons. The molecular weight excluding hydrogens is 250 g/mol. The smallest absolute Gasteiger partial charge is 0.307 e. The van der Waals surface area contributed by atoms with E-state index in [4.69, 9.17) is 4.74 Å². The van der Waals surface area contributed by atoms with Gasteiger partial charge in [0.15, 0.2) is 0 Å². The third-order valence-corrected chi connectivity index (χ3v) is 3.45. The van der Waals surface area contributed by atoms with Crippen molar-refractivity contribution in [2.24, 2.45) is 0 Å². The van der Waals surface area contributed by atoms with Gasteiger partial charge in [-0.25, -0.2) is 0 Å². The van der Waals surface area contributed by atoms with E-state index in [2.05, 4.69) is 49.9 Å². The predicted octanol–water partition coefficient (Wildman–Crippen LogP) is 3.54. The normalized spacial score (nSPS) is 13.3. The maximum absolute atomic E-state index is 11.7. The number of carbonyl (C=O) groups excluding carboxylic acids is 1. The number of carbonyl (C=O) groups is 1. The first kappa shape index (κ1) is 16.7. The summed E-state index contributed by atoms with van der Waals surface area (Å²) in [6.07, 6.45) is 0.385. The summed E-state index contributed by atoms with van der Waals surface area (Å²) >= 11 is 0. The van der Waals surface area contributed by atoms with E-state index < -0.39 is 0 Å². The zero-order chi connectivity index (χ0) is 15.3. The van der Waals surface area contributed by atoms with Gasteiger partial charge in [-0.2, -0.15) is 0 Å². The summed E-state index contributed by atoms with van der Waals surface area (Å²) in [5, 5.41) is 0. The summed E-state index contributed by atoms with van der Waals surface area (Å²) in [4.78, 5) is 13.8. The van der Waals surface area contributed by atoms with Crippen LogP contribution in [0.2, 0.25) is 0 Å². The molecule has 3 heteroatoms. The van der Waals surface area contributed by atoms with Crippen LogP contribution in [0.4, 0.5) is 0 Å². The Bertz CT molecular complexity index is 429. The van der Waals surface area contributed by atoms with Crippen LogP contribution in [0.1, 0.15) is 51.3 Å². The molecule has 0 N–H and O–H groups in total. The van der Waals surface area contributed by atoms with Crippen molar-refractivity contribution in [1.82, 2.24) is 4.90 Å². The Hall–Kier alpha value is -1.35. The van der Waals surface area contributed by atoms with Crippen LogP contribution in [0.3, 0.4) is 0 Å². The van der Waals surface area contributed by atoms with E-state index in [-0.39, 0.29) is 17.4 Å². The first-order valence-electron chi connectivity index (χ1n) is 7.18. The van der Waals surface area contributed by atoms with Gasteiger partial charge < -0.3 is 9.64 Å². The minimum absolute atomic E-state index is 0.0584. The van der Waals surface area contributed by atoms with Crippen LogP contribution in [0, 0.1) is 0 Å². The quantitative estimate of drug-likeness (QED) is 0.771. The van der Waals surface area contributed by atoms with Crippen LogP contribution < -0.4 is 0 Å². The molecule has 1 aromatic carbocycles. The molecule has 1 atom stereocenters. The fourth-order valence-corrected chi connectivity index (χ4v) is 2.18. The number of hydrogen-bond donors (Lipinski definition) is 0. The van der Waals surface area contributed by atoms with E-state index in [1.165, 1.54) is 5.56 Å². The average molecular weight is 277 g/mol. The van der Waals surface area contributed by atoms with Gasteiger partial charge in [0.25, 0.3) is 0 Å². The fourth-order valence-electron chi connectivity index (χ4n) is 2.18. The van der Waals surface area contributed by atoms with Crippen LogP contribution in [-0.2, 0) is 14.9 Å². The molecule has 0 aliphatic heterocycles. The Balaban J connectivity index is 2.90. The molecule has 0 aliphatic carbocycles. The molecule has 0 aliphatic rings. The standard InChI is InChI=1S/C17H27NO2/c1-7-20-16(19)12-15(18(5)6)13-8-10-14(11-9-13)17(2,3)4/h8-11,15H,7,12H2,1-6H3. The lowest BCUT2D eigenvalue weighted by atomic mass is 9.86. The van der Waals surface area contributed by atoms with Gasteiger partial charge in [-0.15, -0.1) is 0 Å². The van der Waals surface area contributed by atoms with Gasteiger partial charge in [0.2, 0.25) is 0 Å². The van der Waals surface area contributed by atoms with E-state index in [1.807, 2.05) is 21.0 Å². The minimum atomic E-state index is -0.147. The van der Waals surface area contributed by atoms with Crippen molar-refractivity contribution in [3.8, 4) is 0 Å². The van der Waals surface area contributed by atoms with Crippen LogP contribution >= 0.6 is 0 Å². The first-order chi connectivity index (χ1) is 9.25. The number of benzene rings is 1. The molecule has 0 fully saturated rings. The molecule has 0 bridgehead atoms. The second-order valence-corrected chi connectivity index (χ2v) is 6.36. The topological polar surface area (TPSA) is 29.5 Å². The Morgan fingerprint density at radius 1 is 1.20 bits per heavy atom. The van der Waals surface area contributed by atoms with Crippen molar-refractivity contribution in [2.75, 3.05) is 20.7 Å². The number of rotatable bonds is 5.